The zero-order chi connectivity index (χ0) is 9.40. The Labute approximate surface area is 83.5 Å². The fourth-order valence-corrected chi connectivity index (χ4v) is 2.41. The molecule has 2 atom stereocenters. The maximum Gasteiger partial charge on any atom is -0.00670 e. The van der Waals surface area contributed by atoms with Crippen LogP contribution in [-0.2, 0) is 0 Å². The molecular weight excluding hydrogens is 164 g/mol. The lowest BCUT2D eigenvalue weighted by molar-refractivity contribution is 0.315. The van der Waals surface area contributed by atoms with Crippen LogP contribution in [0.5, 0.6) is 0 Å². The van der Waals surface area contributed by atoms with Crippen LogP contribution >= 0.6 is 12.6 Å². The molecule has 0 aliphatic carbocycles. The summed E-state index contributed by atoms with van der Waals surface area (Å²) in [6.45, 7) is 6.87. The van der Waals surface area contributed by atoms with Gasteiger partial charge >= 0.3 is 0 Å². The van der Waals surface area contributed by atoms with Crippen LogP contribution < -0.4 is 0 Å². The molecule has 0 spiro atoms. The van der Waals surface area contributed by atoms with Crippen molar-refractivity contribution in [1.29, 1.82) is 0 Å². The van der Waals surface area contributed by atoms with Crippen molar-refractivity contribution in [2.45, 2.75) is 52.9 Å². The van der Waals surface area contributed by atoms with Gasteiger partial charge < -0.3 is 0 Å². The van der Waals surface area contributed by atoms with Crippen molar-refractivity contribution in [2.24, 2.45) is 11.8 Å². The molecule has 1 heteroatoms. The highest BCUT2D eigenvalue weighted by Gasteiger charge is 2.15. The summed E-state index contributed by atoms with van der Waals surface area (Å²) >= 11 is 4.41. The van der Waals surface area contributed by atoms with Crippen LogP contribution in [0.2, 0.25) is 0 Å². The molecular formula is C11H24S. The maximum atomic E-state index is 4.41. The van der Waals surface area contributed by atoms with Crippen LogP contribution in [0, 0.1) is 11.8 Å². The molecule has 0 fully saturated rings. The Morgan fingerprint density at radius 2 is 1.58 bits per heavy atom. The summed E-state index contributed by atoms with van der Waals surface area (Å²) in [7, 11) is 0. The molecule has 0 aromatic carbocycles. The summed E-state index contributed by atoms with van der Waals surface area (Å²) in [4.78, 5) is 0. The smallest absolute Gasteiger partial charge is 0.00670 e. The molecule has 0 aromatic heterocycles. The Kier molecular flexibility index (Phi) is 8.20. The first-order valence-corrected chi connectivity index (χ1v) is 6.04. The highest BCUT2D eigenvalue weighted by Crippen LogP contribution is 2.25. The zero-order valence-electron chi connectivity index (χ0n) is 8.84. The quantitative estimate of drug-likeness (QED) is 0.570. The lowest BCUT2D eigenvalue weighted by Gasteiger charge is -2.23. The predicted molar refractivity (Wildman–Crippen MR) is 60.9 cm³/mol. The van der Waals surface area contributed by atoms with Gasteiger partial charge in [-0.2, -0.15) is 12.6 Å². The lowest BCUT2D eigenvalue weighted by Crippen LogP contribution is -2.14. The van der Waals surface area contributed by atoms with E-state index >= 15 is 0 Å². The minimum absolute atomic E-state index is 0.852. The average Bonchev–Trinajstić information content (AvgIpc) is 2.12. The van der Waals surface area contributed by atoms with Gasteiger partial charge in [-0.15, -0.1) is 0 Å². The van der Waals surface area contributed by atoms with Gasteiger partial charge in [0.15, 0.2) is 0 Å². The molecule has 0 rings (SSSR count). The van der Waals surface area contributed by atoms with Gasteiger partial charge in [0.05, 0.1) is 0 Å². The van der Waals surface area contributed by atoms with E-state index in [2.05, 4.69) is 33.4 Å². The van der Waals surface area contributed by atoms with E-state index in [4.69, 9.17) is 0 Å². The van der Waals surface area contributed by atoms with Crippen molar-refractivity contribution in [3.8, 4) is 0 Å². The summed E-state index contributed by atoms with van der Waals surface area (Å²) in [5, 5.41) is 0. The third kappa shape index (κ3) is 4.39. The zero-order valence-corrected chi connectivity index (χ0v) is 9.74. The van der Waals surface area contributed by atoms with Gasteiger partial charge in [0.25, 0.3) is 0 Å². The van der Waals surface area contributed by atoms with E-state index in [1.165, 1.54) is 32.1 Å². The number of rotatable bonds is 7. The van der Waals surface area contributed by atoms with Gasteiger partial charge in [-0.05, 0) is 17.6 Å². The summed E-state index contributed by atoms with van der Waals surface area (Å²) in [5.41, 5.74) is 0. The molecule has 0 aliphatic heterocycles. The summed E-state index contributed by atoms with van der Waals surface area (Å²) in [6.07, 6.45) is 6.76. The monoisotopic (exact) mass is 188 g/mol. The Morgan fingerprint density at radius 1 is 1.00 bits per heavy atom. The van der Waals surface area contributed by atoms with E-state index in [1.807, 2.05) is 0 Å². The summed E-state index contributed by atoms with van der Waals surface area (Å²) < 4.78 is 0. The summed E-state index contributed by atoms with van der Waals surface area (Å²) in [6, 6.07) is 0. The predicted octanol–water partition coefficient (Wildman–Crippen LogP) is 4.16. The molecule has 0 saturated heterocycles. The molecule has 74 valence electrons. The van der Waals surface area contributed by atoms with E-state index < -0.39 is 0 Å². The second-order valence-corrected chi connectivity index (χ2v) is 4.03. The van der Waals surface area contributed by atoms with E-state index in [1.54, 1.807) is 0 Å². The fraction of sp³-hybridized carbons (Fsp3) is 1.00. The maximum absolute atomic E-state index is 4.41. The summed E-state index contributed by atoms with van der Waals surface area (Å²) in [5.74, 6) is 2.84. The first-order chi connectivity index (χ1) is 5.79. The second-order valence-electron chi connectivity index (χ2n) is 3.66. The number of hydrogen-bond acceptors (Lipinski definition) is 1. The minimum atomic E-state index is 0.852. The van der Waals surface area contributed by atoms with Crippen molar-refractivity contribution in [1.82, 2.24) is 0 Å². The minimum Gasteiger partial charge on any atom is -0.179 e. The molecule has 12 heavy (non-hydrogen) atoms. The van der Waals surface area contributed by atoms with E-state index in [9.17, 15) is 0 Å². The van der Waals surface area contributed by atoms with Crippen LogP contribution in [0.1, 0.15) is 52.9 Å². The van der Waals surface area contributed by atoms with Gasteiger partial charge in [-0.1, -0.05) is 52.9 Å². The average molecular weight is 188 g/mol. The normalized spacial score (nSPS) is 16.0. The Bertz CT molecular complexity index is 87.0. The molecule has 0 N–H and O–H groups in total. The number of hydrogen-bond donors (Lipinski definition) is 1. The largest absolute Gasteiger partial charge is 0.179 e. The Hall–Kier alpha value is 0.350. The van der Waals surface area contributed by atoms with Crippen molar-refractivity contribution in [2.75, 3.05) is 5.75 Å². The first-order valence-electron chi connectivity index (χ1n) is 5.40. The number of unbranched alkanes of at least 4 members (excludes halogenated alkanes) is 1. The van der Waals surface area contributed by atoms with Crippen LogP contribution in [-0.4, -0.2) is 5.75 Å². The van der Waals surface area contributed by atoms with Gasteiger partial charge in [-0.25, -0.2) is 0 Å². The van der Waals surface area contributed by atoms with Crippen LogP contribution in [0.25, 0.3) is 0 Å². The SMILES string of the molecule is CCCCC(CC)C(CC)CS. The highest BCUT2D eigenvalue weighted by atomic mass is 32.1. The van der Waals surface area contributed by atoms with E-state index in [0.29, 0.717) is 0 Å². The fourth-order valence-electron chi connectivity index (χ4n) is 1.85. The third-order valence-corrected chi connectivity index (χ3v) is 3.35. The third-order valence-electron chi connectivity index (χ3n) is 2.88. The topological polar surface area (TPSA) is 0 Å². The van der Waals surface area contributed by atoms with E-state index in [0.717, 1.165) is 17.6 Å². The van der Waals surface area contributed by atoms with Gasteiger partial charge in [0, 0.05) is 0 Å². The molecule has 0 aromatic rings. The van der Waals surface area contributed by atoms with Gasteiger partial charge in [0.2, 0.25) is 0 Å². The van der Waals surface area contributed by atoms with Crippen molar-refractivity contribution >= 4 is 12.6 Å². The molecule has 0 amide bonds. The highest BCUT2D eigenvalue weighted by molar-refractivity contribution is 7.80. The molecule has 0 bridgehead atoms. The van der Waals surface area contributed by atoms with Gasteiger partial charge in [0.1, 0.15) is 0 Å². The van der Waals surface area contributed by atoms with Gasteiger partial charge in [-0.3, -0.25) is 0 Å². The van der Waals surface area contributed by atoms with Crippen molar-refractivity contribution in [3.63, 3.8) is 0 Å². The van der Waals surface area contributed by atoms with Crippen LogP contribution in [0.15, 0.2) is 0 Å². The molecule has 0 nitrogen and oxygen atoms in total. The lowest BCUT2D eigenvalue weighted by atomic mass is 9.85. The molecule has 2 unspecified atom stereocenters. The second kappa shape index (κ2) is 7.97. The standard InChI is InChI=1S/C11H24S/c1-4-7-8-10(5-2)11(6-3)9-12/h10-12H,4-9H2,1-3H3. The van der Waals surface area contributed by atoms with Crippen LogP contribution in [0.3, 0.4) is 0 Å². The van der Waals surface area contributed by atoms with E-state index in [-0.39, 0.29) is 0 Å². The Morgan fingerprint density at radius 3 is 1.92 bits per heavy atom. The Balaban J connectivity index is 3.75. The first kappa shape index (κ1) is 12.3. The van der Waals surface area contributed by atoms with Crippen molar-refractivity contribution in [3.05, 3.63) is 0 Å². The molecule has 0 heterocycles. The molecule has 0 saturated carbocycles. The molecule has 0 radical (unpaired) electrons. The van der Waals surface area contributed by atoms with Crippen molar-refractivity contribution < 1.29 is 0 Å². The molecule has 0 aliphatic rings. The van der Waals surface area contributed by atoms with Crippen LogP contribution in [0.4, 0.5) is 0 Å². The number of thiol groups is 1.